The van der Waals surface area contributed by atoms with Crippen LogP contribution in [-0.4, -0.2) is 11.2 Å². The van der Waals surface area contributed by atoms with Crippen LogP contribution in [0, 0.1) is 0 Å². The molecule has 0 saturated carbocycles. The second-order valence-electron chi connectivity index (χ2n) is 2.58. The summed E-state index contributed by atoms with van der Waals surface area (Å²) >= 11 is 3.68. The Balaban J connectivity index is 2.62. The zero-order valence-electron chi connectivity index (χ0n) is 7.53. The predicted molar refractivity (Wildman–Crippen MR) is 52.1 cm³/mol. The molecule has 0 saturated heterocycles. The van der Waals surface area contributed by atoms with E-state index in [0.29, 0.717) is 6.42 Å². The van der Waals surface area contributed by atoms with Crippen molar-refractivity contribution in [3.63, 3.8) is 0 Å². The van der Waals surface area contributed by atoms with Crippen LogP contribution in [-0.2, 0) is 11.2 Å². The Morgan fingerprint density at radius 2 is 2.25 bits per heavy atom. The summed E-state index contributed by atoms with van der Waals surface area (Å²) in [6.07, 6.45) is 0.507. The van der Waals surface area contributed by atoms with Gasteiger partial charge in [-0.3, -0.25) is 4.79 Å². The largest absolute Gasteiger partial charge is 0.320 e. The molecule has 2 N–H and O–H groups in total. The lowest BCUT2D eigenvalue weighted by Gasteiger charge is -2.05. The van der Waals surface area contributed by atoms with E-state index >= 15 is 0 Å². The Bertz CT molecular complexity index is 278. The number of rotatable bonds is 4. The molecule has 64 valence electrons. The molecule has 0 amide bonds. The maximum atomic E-state index is 10.9. The van der Waals surface area contributed by atoms with Crippen molar-refractivity contribution in [2.24, 2.45) is 5.73 Å². The monoisotopic (exact) mass is 183 g/mol. The first-order chi connectivity index (χ1) is 6.24. The standard InChI is InChI=1S/C9H11NOS/c10-8(9(11)12)6-7-4-2-1-3-5-7/h1-5,8H,6,10H2,(H,11,12)/t8-/m0/s1/i/hT. The van der Waals surface area contributed by atoms with E-state index in [-0.39, 0.29) is 5.12 Å². The number of hydrogen-bond acceptors (Lipinski definition) is 2. The van der Waals surface area contributed by atoms with E-state index in [0.717, 1.165) is 5.56 Å². The van der Waals surface area contributed by atoms with Crippen LogP contribution in [0.5, 0.6) is 0 Å². The van der Waals surface area contributed by atoms with E-state index in [9.17, 15) is 4.79 Å². The van der Waals surface area contributed by atoms with Gasteiger partial charge in [0.15, 0.2) is 0 Å². The molecule has 12 heavy (non-hydrogen) atoms. The molecule has 0 unspecified atom stereocenters. The maximum absolute atomic E-state index is 10.9. The zero-order valence-corrected chi connectivity index (χ0v) is 7.42. The molecule has 0 aromatic heterocycles. The Kier molecular flexibility index (Phi) is 2.79. The first-order valence-electron chi connectivity index (χ1n) is 4.18. The minimum Gasteiger partial charge on any atom is -0.320 e. The molecule has 2 nitrogen and oxygen atoms in total. The van der Waals surface area contributed by atoms with Crippen molar-refractivity contribution in [2.75, 3.05) is 0 Å². The third kappa shape index (κ3) is 2.68. The van der Waals surface area contributed by atoms with Crippen LogP contribution in [0.4, 0.5) is 0 Å². The van der Waals surface area contributed by atoms with Crippen LogP contribution >= 0.6 is 12.6 Å². The lowest BCUT2D eigenvalue weighted by molar-refractivity contribution is -0.111. The fraction of sp³-hybridized carbons (Fsp3) is 0.222. The molecule has 1 aromatic rings. The van der Waals surface area contributed by atoms with Crippen LogP contribution in [0.1, 0.15) is 5.56 Å². The van der Waals surface area contributed by atoms with Gasteiger partial charge in [-0.05, 0) is 12.0 Å². The summed E-state index contributed by atoms with van der Waals surface area (Å²) in [4.78, 5) is 10.9. The number of nitrogens with two attached hydrogens (primary N) is 1. The first-order valence-corrected chi connectivity index (χ1v) is 4.12. The van der Waals surface area contributed by atoms with E-state index in [2.05, 4.69) is 18.4 Å². The van der Waals surface area contributed by atoms with E-state index in [4.69, 9.17) is 1.41 Å². The minimum absolute atomic E-state index is 0.307. The topological polar surface area (TPSA) is 43.1 Å². The van der Waals surface area contributed by atoms with Gasteiger partial charge < -0.3 is 5.73 Å². The van der Waals surface area contributed by atoms with Gasteiger partial charge in [0.1, 0.15) is 1.41 Å². The van der Waals surface area contributed by atoms with Gasteiger partial charge in [-0.15, -0.1) is 12.6 Å². The summed E-state index contributed by atoms with van der Waals surface area (Å²) < 4.78 is 6.92. The smallest absolute Gasteiger partial charge is 0.202 e. The normalized spacial score (nSPS) is 13.6. The summed E-state index contributed by atoms with van der Waals surface area (Å²) in [5.41, 5.74) is 3.20. The summed E-state index contributed by atoms with van der Waals surface area (Å²) in [5, 5.41) is -0.307. The quantitative estimate of drug-likeness (QED) is 0.684. The number of carbonyl (C=O) groups excluding carboxylic acids is 1. The highest BCUT2D eigenvalue weighted by Gasteiger charge is 2.08. The summed E-state index contributed by atoms with van der Waals surface area (Å²) in [7, 11) is 0. The molecule has 0 bridgehead atoms. The molecule has 0 radical (unpaired) electrons. The van der Waals surface area contributed by atoms with Gasteiger partial charge in [-0.25, -0.2) is 0 Å². The minimum atomic E-state index is -0.522. The highest BCUT2D eigenvalue weighted by molar-refractivity contribution is 7.96. The van der Waals surface area contributed by atoms with Crippen molar-refractivity contribution in [3.05, 3.63) is 35.9 Å². The molecular weight excluding hydrogens is 170 g/mol. The van der Waals surface area contributed by atoms with Crippen LogP contribution in [0.3, 0.4) is 0 Å². The average molecular weight is 183 g/mol. The zero-order chi connectivity index (χ0) is 9.68. The van der Waals surface area contributed by atoms with Crippen molar-refractivity contribution in [1.29, 1.82) is 0 Å². The van der Waals surface area contributed by atoms with Gasteiger partial charge in [0.05, 0.1) is 6.04 Å². The number of benzene rings is 1. The fourth-order valence-corrected chi connectivity index (χ4v) is 1.03. The highest BCUT2D eigenvalue weighted by Crippen LogP contribution is 2.02. The van der Waals surface area contributed by atoms with Crippen molar-refractivity contribution >= 4 is 17.7 Å². The van der Waals surface area contributed by atoms with Gasteiger partial charge in [-0.2, -0.15) is 0 Å². The molecule has 0 aliphatic heterocycles. The van der Waals surface area contributed by atoms with Crippen molar-refractivity contribution in [1.82, 2.24) is 0 Å². The lowest BCUT2D eigenvalue weighted by atomic mass is 10.1. The summed E-state index contributed by atoms with van der Waals surface area (Å²) in [5.74, 6) is 0. The van der Waals surface area contributed by atoms with Crippen LogP contribution in [0.2, 0.25) is 1.41 Å². The Labute approximate surface area is 78.6 Å². The predicted octanol–water partition coefficient (Wildman–Crippen LogP) is 1.01. The van der Waals surface area contributed by atoms with Crippen molar-refractivity contribution in [3.8, 4) is 0 Å². The molecule has 0 aliphatic carbocycles. The van der Waals surface area contributed by atoms with E-state index in [1.165, 1.54) is 0 Å². The highest BCUT2D eigenvalue weighted by atomic mass is 32.1. The maximum Gasteiger partial charge on any atom is 0.202 e. The molecule has 0 heterocycles. The third-order valence-corrected chi connectivity index (χ3v) is 1.89. The Hall–Kier alpha value is -0.800. The van der Waals surface area contributed by atoms with E-state index < -0.39 is 6.04 Å². The van der Waals surface area contributed by atoms with Crippen LogP contribution in [0.25, 0.3) is 0 Å². The summed E-state index contributed by atoms with van der Waals surface area (Å²) in [6, 6.07) is 9.03. The Morgan fingerprint density at radius 1 is 1.58 bits per heavy atom. The molecule has 1 atom stereocenters. The molecule has 0 spiro atoms. The summed E-state index contributed by atoms with van der Waals surface area (Å²) in [6.45, 7) is 0. The Morgan fingerprint density at radius 3 is 2.75 bits per heavy atom. The van der Waals surface area contributed by atoms with Gasteiger partial charge in [0.25, 0.3) is 0 Å². The van der Waals surface area contributed by atoms with E-state index in [1.54, 1.807) is 0 Å². The number of carbonyl (C=O) groups is 1. The third-order valence-electron chi connectivity index (χ3n) is 1.58. The SMILES string of the molecule is [3H]N[C@@H](Cc1ccccc1)C(=O)S. The van der Waals surface area contributed by atoms with Crippen LogP contribution in [0.15, 0.2) is 30.3 Å². The molecule has 1 rings (SSSR count). The van der Waals surface area contributed by atoms with Crippen molar-refractivity contribution in [2.45, 2.75) is 12.5 Å². The average Bonchev–Trinajstić information content (AvgIpc) is 2.15. The van der Waals surface area contributed by atoms with Crippen LogP contribution < -0.4 is 5.73 Å². The van der Waals surface area contributed by atoms with E-state index in [1.807, 2.05) is 30.3 Å². The number of thiol groups is 1. The second-order valence-corrected chi connectivity index (χ2v) is 3.02. The molecule has 1 aromatic carbocycles. The second kappa shape index (κ2) is 4.28. The molecule has 3 heteroatoms. The van der Waals surface area contributed by atoms with Gasteiger partial charge in [0.2, 0.25) is 5.12 Å². The van der Waals surface area contributed by atoms with Crippen molar-refractivity contribution < 1.29 is 6.21 Å². The van der Waals surface area contributed by atoms with Gasteiger partial charge in [-0.1, -0.05) is 30.3 Å². The fourth-order valence-electron chi connectivity index (χ4n) is 0.937. The number of hydrogen-bond donors (Lipinski definition) is 2. The first kappa shape index (κ1) is 7.83. The molecular formula is C9H11NOS. The molecule has 0 fully saturated rings. The molecule has 0 aliphatic rings. The van der Waals surface area contributed by atoms with Gasteiger partial charge >= 0.3 is 0 Å². The lowest BCUT2D eigenvalue weighted by Crippen LogP contribution is -2.29. The van der Waals surface area contributed by atoms with Gasteiger partial charge in [0, 0.05) is 0 Å².